The molecule has 0 radical (unpaired) electrons. The first kappa shape index (κ1) is 23.0. The Labute approximate surface area is 182 Å². The van der Waals surface area contributed by atoms with Gasteiger partial charge in [0.25, 0.3) is 0 Å². The van der Waals surface area contributed by atoms with Gasteiger partial charge in [0.1, 0.15) is 22.2 Å². The Kier molecular flexibility index (Phi) is 7.17. The fourth-order valence-electron chi connectivity index (χ4n) is 3.67. The summed E-state index contributed by atoms with van der Waals surface area (Å²) in [5, 5.41) is 2.96. The summed E-state index contributed by atoms with van der Waals surface area (Å²) in [6, 6.07) is 10.5. The highest BCUT2D eigenvalue weighted by atomic mass is 32.2. The van der Waals surface area contributed by atoms with E-state index in [1.165, 1.54) is 17.5 Å². The average molecular weight is 451 g/mol. The number of halogens is 1. The lowest BCUT2D eigenvalue weighted by Gasteiger charge is -2.32. The molecule has 1 aliphatic rings. The fourth-order valence-corrected chi connectivity index (χ4v) is 5.36. The van der Waals surface area contributed by atoms with E-state index in [0.29, 0.717) is 12.8 Å². The largest absolute Gasteiger partial charge is 0.497 e. The zero-order chi connectivity index (χ0) is 22.6. The molecule has 31 heavy (non-hydrogen) atoms. The molecule has 1 heterocycles. The summed E-state index contributed by atoms with van der Waals surface area (Å²) < 4.78 is 51.5. The highest BCUT2D eigenvalue weighted by Crippen LogP contribution is 2.30. The number of nitrogens with zero attached hydrogens (tertiary/aromatic N) is 1. The van der Waals surface area contributed by atoms with Crippen molar-refractivity contribution in [1.29, 1.82) is 0 Å². The van der Waals surface area contributed by atoms with Gasteiger partial charge < -0.3 is 14.8 Å². The second kappa shape index (κ2) is 9.65. The topological polar surface area (TPSA) is 84.9 Å². The van der Waals surface area contributed by atoms with Crippen LogP contribution < -0.4 is 14.8 Å². The lowest BCUT2D eigenvalue weighted by molar-refractivity contribution is -0.126. The van der Waals surface area contributed by atoms with Gasteiger partial charge >= 0.3 is 0 Å². The number of carbonyl (C=O) groups is 1. The molecule has 0 saturated carbocycles. The van der Waals surface area contributed by atoms with Crippen molar-refractivity contribution in [2.24, 2.45) is 5.92 Å². The van der Waals surface area contributed by atoms with E-state index in [2.05, 4.69) is 5.32 Å². The Morgan fingerprint density at radius 2 is 1.87 bits per heavy atom. The predicted molar refractivity (Wildman–Crippen MR) is 114 cm³/mol. The van der Waals surface area contributed by atoms with Crippen LogP contribution in [0.2, 0.25) is 0 Å². The van der Waals surface area contributed by atoms with E-state index >= 15 is 0 Å². The molecule has 0 aliphatic carbocycles. The van der Waals surface area contributed by atoms with Crippen molar-refractivity contribution in [3.05, 3.63) is 53.8 Å². The van der Waals surface area contributed by atoms with Crippen LogP contribution >= 0.6 is 0 Å². The zero-order valence-electron chi connectivity index (χ0n) is 17.8. The minimum Gasteiger partial charge on any atom is -0.497 e. The molecule has 2 atom stereocenters. The van der Waals surface area contributed by atoms with Gasteiger partial charge in [0.2, 0.25) is 15.9 Å². The lowest BCUT2D eigenvalue weighted by atomic mass is 9.98. The van der Waals surface area contributed by atoms with Gasteiger partial charge in [-0.15, -0.1) is 0 Å². The number of methoxy groups -OCH3 is 2. The number of sulfonamides is 1. The number of carbonyl (C=O) groups excluding carboxylic acids is 1. The van der Waals surface area contributed by atoms with Crippen LogP contribution in [-0.4, -0.2) is 45.9 Å². The van der Waals surface area contributed by atoms with Crippen LogP contribution in [0.25, 0.3) is 0 Å². The molecule has 0 aromatic heterocycles. The highest BCUT2D eigenvalue weighted by molar-refractivity contribution is 7.89. The van der Waals surface area contributed by atoms with E-state index in [1.54, 1.807) is 7.11 Å². The Bertz CT molecular complexity index is 1030. The molecule has 168 valence electrons. The van der Waals surface area contributed by atoms with Crippen molar-refractivity contribution in [2.45, 2.75) is 30.7 Å². The molecule has 1 aliphatic heterocycles. The first-order valence-electron chi connectivity index (χ1n) is 10.0. The number of ether oxygens (including phenoxy) is 2. The highest BCUT2D eigenvalue weighted by Gasteiger charge is 2.35. The number of benzene rings is 2. The van der Waals surface area contributed by atoms with Crippen LogP contribution in [0.3, 0.4) is 0 Å². The Balaban J connectivity index is 1.72. The van der Waals surface area contributed by atoms with E-state index in [-0.39, 0.29) is 35.7 Å². The van der Waals surface area contributed by atoms with Gasteiger partial charge in [0, 0.05) is 13.1 Å². The van der Waals surface area contributed by atoms with Crippen LogP contribution in [0, 0.1) is 11.7 Å². The van der Waals surface area contributed by atoms with Gasteiger partial charge in [-0.2, -0.15) is 4.31 Å². The molecule has 1 saturated heterocycles. The zero-order valence-corrected chi connectivity index (χ0v) is 18.6. The van der Waals surface area contributed by atoms with Crippen molar-refractivity contribution >= 4 is 15.9 Å². The van der Waals surface area contributed by atoms with Crippen LogP contribution in [0.5, 0.6) is 11.5 Å². The standard InChI is InChI=1S/C22H27FN2O5S/c1-15(16-6-9-19(29-2)10-7-16)24-22(26)17-5-4-12-25(14-17)31(27,28)21-13-18(23)8-11-20(21)30-3/h6-11,13,15,17H,4-5,12,14H2,1-3H3,(H,24,26). The normalized spacial score (nSPS) is 18.3. The predicted octanol–water partition coefficient (Wildman–Crippen LogP) is 3.12. The molecule has 1 fully saturated rings. The summed E-state index contributed by atoms with van der Waals surface area (Å²) in [4.78, 5) is 12.6. The molecular formula is C22H27FN2O5S. The third-order valence-electron chi connectivity index (χ3n) is 5.47. The van der Waals surface area contributed by atoms with Crippen molar-refractivity contribution < 1.29 is 27.1 Å². The summed E-state index contributed by atoms with van der Waals surface area (Å²) >= 11 is 0. The first-order chi connectivity index (χ1) is 14.8. The van der Waals surface area contributed by atoms with E-state index in [1.807, 2.05) is 31.2 Å². The van der Waals surface area contributed by atoms with E-state index in [9.17, 15) is 17.6 Å². The second-order valence-corrected chi connectivity index (χ2v) is 9.41. The molecule has 1 N–H and O–H groups in total. The van der Waals surface area contributed by atoms with Crippen molar-refractivity contribution in [1.82, 2.24) is 9.62 Å². The Hall–Kier alpha value is -2.65. The number of piperidine rings is 1. The third kappa shape index (κ3) is 5.16. The van der Waals surface area contributed by atoms with E-state index in [0.717, 1.165) is 23.4 Å². The molecule has 2 aromatic carbocycles. The molecular weight excluding hydrogens is 423 g/mol. The van der Waals surface area contributed by atoms with E-state index < -0.39 is 21.8 Å². The number of amides is 1. The minimum absolute atomic E-state index is 0.0309. The summed E-state index contributed by atoms with van der Waals surface area (Å²) in [5.41, 5.74) is 0.916. The molecule has 1 amide bonds. The number of hydrogen-bond donors (Lipinski definition) is 1. The SMILES string of the molecule is COc1ccc(C(C)NC(=O)C2CCCN(S(=O)(=O)c3cc(F)ccc3OC)C2)cc1. The van der Waals surface area contributed by atoms with Gasteiger partial charge in [-0.05, 0) is 55.7 Å². The Morgan fingerprint density at radius 1 is 1.16 bits per heavy atom. The maximum absolute atomic E-state index is 13.7. The van der Waals surface area contributed by atoms with Crippen LogP contribution in [0.4, 0.5) is 4.39 Å². The number of hydrogen-bond acceptors (Lipinski definition) is 5. The van der Waals surface area contributed by atoms with Gasteiger partial charge in [-0.3, -0.25) is 4.79 Å². The molecule has 0 bridgehead atoms. The quantitative estimate of drug-likeness (QED) is 0.701. The van der Waals surface area contributed by atoms with Gasteiger partial charge in [-0.1, -0.05) is 12.1 Å². The van der Waals surface area contributed by atoms with Crippen molar-refractivity contribution in [3.8, 4) is 11.5 Å². The summed E-state index contributed by atoms with van der Waals surface area (Å²) in [6.07, 6.45) is 1.11. The fraction of sp³-hybridized carbons (Fsp3) is 0.409. The van der Waals surface area contributed by atoms with Gasteiger partial charge in [0.15, 0.2) is 0 Å². The van der Waals surface area contributed by atoms with Crippen LogP contribution in [0.1, 0.15) is 31.4 Å². The maximum atomic E-state index is 13.7. The summed E-state index contributed by atoms with van der Waals surface area (Å²) in [6.45, 7) is 2.16. The molecule has 3 rings (SSSR count). The molecule has 2 unspecified atom stereocenters. The van der Waals surface area contributed by atoms with Crippen LogP contribution in [-0.2, 0) is 14.8 Å². The van der Waals surface area contributed by atoms with Crippen molar-refractivity contribution in [2.75, 3.05) is 27.3 Å². The summed E-state index contributed by atoms with van der Waals surface area (Å²) in [5.74, 6) is -0.582. The molecule has 2 aromatic rings. The number of rotatable bonds is 7. The molecule has 7 nitrogen and oxygen atoms in total. The summed E-state index contributed by atoms with van der Waals surface area (Å²) in [7, 11) is -1.09. The second-order valence-electron chi connectivity index (χ2n) is 7.50. The smallest absolute Gasteiger partial charge is 0.246 e. The lowest BCUT2D eigenvalue weighted by Crippen LogP contribution is -2.45. The Morgan fingerprint density at radius 3 is 2.52 bits per heavy atom. The number of nitrogens with one attached hydrogen (secondary N) is 1. The van der Waals surface area contributed by atoms with Crippen molar-refractivity contribution in [3.63, 3.8) is 0 Å². The van der Waals surface area contributed by atoms with Gasteiger partial charge in [-0.25, -0.2) is 12.8 Å². The first-order valence-corrected chi connectivity index (χ1v) is 11.5. The van der Waals surface area contributed by atoms with E-state index in [4.69, 9.17) is 9.47 Å². The molecule has 0 spiro atoms. The molecule has 9 heteroatoms. The van der Waals surface area contributed by atoms with Gasteiger partial charge in [0.05, 0.1) is 26.2 Å². The monoisotopic (exact) mass is 450 g/mol. The van der Waals surface area contributed by atoms with Crippen LogP contribution in [0.15, 0.2) is 47.4 Å². The maximum Gasteiger partial charge on any atom is 0.246 e. The average Bonchev–Trinajstić information content (AvgIpc) is 2.79. The minimum atomic E-state index is -4.01. The third-order valence-corrected chi connectivity index (χ3v) is 7.36.